The summed E-state index contributed by atoms with van der Waals surface area (Å²) in [4.78, 5) is 14.2. The molecule has 4 rings (SSSR count). The molecule has 2 unspecified atom stereocenters. The summed E-state index contributed by atoms with van der Waals surface area (Å²) in [7, 11) is -2.98. The summed E-state index contributed by atoms with van der Waals surface area (Å²) in [5.74, 6) is -0.00984. The summed E-state index contributed by atoms with van der Waals surface area (Å²) in [5, 5.41) is 9.70. The van der Waals surface area contributed by atoms with Gasteiger partial charge in [-0.25, -0.2) is 13.2 Å². The lowest BCUT2D eigenvalue weighted by molar-refractivity contribution is 0.00893. The highest BCUT2D eigenvalue weighted by Crippen LogP contribution is 2.32. The molecule has 0 aromatic heterocycles. The molecule has 7 heteroatoms. The quantitative estimate of drug-likeness (QED) is 0.554. The molecule has 0 radical (unpaired) electrons. The predicted octanol–water partition coefficient (Wildman–Crippen LogP) is 4.94. The number of rotatable bonds is 8. The minimum atomic E-state index is -2.98. The number of ether oxygens (including phenoxy) is 1. The SMILES string of the molecule is Cc1ccccc1-c1cc(COC(C)CN2CCS(=O)(=O)CC2C2CCCCC2)ccc1C(=O)O. The fourth-order valence-electron chi connectivity index (χ4n) is 5.64. The first kappa shape index (κ1) is 25.9. The second-order valence-electron chi connectivity index (χ2n) is 10.2. The number of sulfone groups is 1. The van der Waals surface area contributed by atoms with Gasteiger partial charge in [-0.2, -0.15) is 0 Å². The third-order valence-corrected chi connectivity index (χ3v) is 9.21. The molecule has 0 spiro atoms. The molecule has 190 valence electrons. The van der Waals surface area contributed by atoms with Gasteiger partial charge in [0.2, 0.25) is 0 Å². The zero-order valence-electron chi connectivity index (χ0n) is 20.8. The summed E-state index contributed by atoms with van der Waals surface area (Å²) in [6.07, 6.45) is 5.80. The predicted molar refractivity (Wildman–Crippen MR) is 138 cm³/mol. The van der Waals surface area contributed by atoms with Crippen LogP contribution in [0, 0.1) is 12.8 Å². The van der Waals surface area contributed by atoms with E-state index in [-0.39, 0.29) is 29.2 Å². The highest BCUT2D eigenvalue weighted by atomic mass is 32.2. The van der Waals surface area contributed by atoms with Gasteiger partial charge in [0.05, 0.1) is 29.8 Å². The topological polar surface area (TPSA) is 83.9 Å². The minimum Gasteiger partial charge on any atom is -0.478 e. The first-order chi connectivity index (χ1) is 16.7. The van der Waals surface area contributed by atoms with E-state index in [0.717, 1.165) is 29.5 Å². The van der Waals surface area contributed by atoms with Crippen LogP contribution in [0.25, 0.3) is 11.1 Å². The van der Waals surface area contributed by atoms with Gasteiger partial charge in [-0.3, -0.25) is 4.90 Å². The Hall–Kier alpha value is -2.22. The van der Waals surface area contributed by atoms with Gasteiger partial charge in [-0.1, -0.05) is 49.6 Å². The number of carboxylic acid groups (broad SMARTS) is 1. The van der Waals surface area contributed by atoms with Crippen LogP contribution >= 0.6 is 0 Å². The molecule has 1 heterocycles. The number of aryl methyl sites for hydroxylation is 1. The van der Waals surface area contributed by atoms with Crippen LogP contribution < -0.4 is 0 Å². The van der Waals surface area contributed by atoms with Gasteiger partial charge < -0.3 is 9.84 Å². The molecule has 2 aromatic carbocycles. The first-order valence-corrected chi connectivity index (χ1v) is 14.5. The molecule has 0 amide bonds. The molecular formula is C28H37NO5S. The van der Waals surface area contributed by atoms with Gasteiger partial charge in [-0.05, 0) is 67.0 Å². The standard InChI is InChI=1S/C28H37NO5S/c1-20-8-6-7-11-24(20)26-16-22(12-13-25(26)28(30)31)18-34-21(2)17-29-14-15-35(32,33)19-27(29)23-9-4-3-5-10-23/h6-8,11-13,16,21,23,27H,3-5,9-10,14-15,17-19H2,1-2H3,(H,30,31). The fraction of sp³-hybridized carbons (Fsp3) is 0.536. The van der Waals surface area contributed by atoms with Gasteiger partial charge in [-0.15, -0.1) is 0 Å². The number of carbonyl (C=O) groups is 1. The normalized spacial score (nSPS) is 22.1. The van der Waals surface area contributed by atoms with Crippen LogP contribution in [-0.2, 0) is 21.2 Å². The molecule has 0 bridgehead atoms. The van der Waals surface area contributed by atoms with E-state index in [1.807, 2.05) is 50.2 Å². The maximum absolute atomic E-state index is 12.4. The highest BCUT2D eigenvalue weighted by Gasteiger charge is 2.37. The van der Waals surface area contributed by atoms with E-state index in [2.05, 4.69) is 4.90 Å². The average Bonchev–Trinajstić information content (AvgIpc) is 2.84. The Bertz CT molecular complexity index is 1140. The largest absolute Gasteiger partial charge is 0.478 e. The molecule has 1 N–H and O–H groups in total. The summed E-state index contributed by atoms with van der Waals surface area (Å²) in [5.41, 5.74) is 3.83. The monoisotopic (exact) mass is 499 g/mol. The van der Waals surface area contributed by atoms with Crippen molar-refractivity contribution in [2.75, 3.05) is 24.6 Å². The van der Waals surface area contributed by atoms with E-state index in [4.69, 9.17) is 4.74 Å². The van der Waals surface area contributed by atoms with Crippen molar-refractivity contribution in [3.63, 3.8) is 0 Å². The van der Waals surface area contributed by atoms with Crippen molar-refractivity contribution < 1.29 is 23.1 Å². The maximum Gasteiger partial charge on any atom is 0.336 e. The zero-order valence-corrected chi connectivity index (χ0v) is 21.6. The number of benzene rings is 2. The van der Waals surface area contributed by atoms with Crippen molar-refractivity contribution in [2.45, 2.75) is 64.7 Å². The van der Waals surface area contributed by atoms with E-state index in [1.165, 1.54) is 19.3 Å². The van der Waals surface area contributed by atoms with E-state index >= 15 is 0 Å². The Labute approximate surface area is 209 Å². The smallest absolute Gasteiger partial charge is 0.336 e. The lowest BCUT2D eigenvalue weighted by atomic mass is 9.83. The summed E-state index contributed by atoms with van der Waals surface area (Å²) in [6.45, 7) is 5.67. The Balaban J connectivity index is 1.44. The van der Waals surface area contributed by atoms with E-state index in [1.54, 1.807) is 6.07 Å². The Morgan fingerprint density at radius 1 is 1.11 bits per heavy atom. The lowest BCUT2D eigenvalue weighted by Gasteiger charge is -2.42. The Morgan fingerprint density at radius 3 is 2.57 bits per heavy atom. The summed E-state index contributed by atoms with van der Waals surface area (Å²) in [6, 6.07) is 13.3. The molecule has 1 aliphatic heterocycles. The molecule has 1 saturated carbocycles. The zero-order chi connectivity index (χ0) is 25.0. The molecule has 1 saturated heterocycles. The van der Waals surface area contributed by atoms with Crippen LogP contribution in [0.2, 0.25) is 0 Å². The molecular weight excluding hydrogens is 462 g/mol. The number of nitrogens with zero attached hydrogens (tertiary/aromatic N) is 1. The maximum atomic E-state index is 12.4. The molecule has 2 aliphatic rings. The van der Waals surface area contributed by atoms with Gasteiger partial charge in [0.25, 0.3) is 0 Å². The number of carboxylic acids is 1. The third kappa shape index (κ3) is 6.51. The van der Waals surface area contributed by atoms with Crippen LogP contribution in [-0.4, -0.2) is 61.1 Å². The average molecular weight is 500 g/mol. The lowest BCUT2D eigenvalue weighted by Crippen LogP contribution is -2.54. The number of hydrogen-bond donors (Lipinski definition) is 1. The molecule has 1 aliphatic carbocycles. The third-order valence-electron chi connectivity index (χ3n) is 7.55. The van der Waals surface area contributed by atoms with Crippen LogP contribution in [0.4, 0.5) is 0 Å². The van der Waals surface area contributed by atoms with E-state index < -0.39 is 15.8 Å². The van der Waals surface area contributed by atoms with Crippen LogP contribution in [0.15, 0.2) is 42.5 Å². The van der Waals surface area contributed by atoms with E-state index in [9.17, 15) is 18.3 Å². The molecule has 2 fully saturated rings. The molecule has 6 nitrogen and oxygen atoms in total. The van der Waals surface area contributed by atoms with Crippen molar-refractivity contribution in [3.05, 3.63) is 59.2 Å². The summed E-state index contributed by atoms with van der Waals surface area (Å²) < 4.78 is 31.0. The van der Waals surface area contributed by atoms with Crippen molar-refractivity contribution in [1.29, 1.82) is 0 Å². The molecule has 2 atom stereocenters. The van der Waals surface area contributed by atoms with Gasteiger partial charge >= 0.3 is 5.97 Å². The van der Waals surface area contributed by atoms with Crippen molar-refractivity contribution in [2.24, 2.45) is 5.92 Å². The van der Waals surface area contributed by atoms with E-state index in [0.29, 0.717) is 31.2 Å². The number of aromatic carboxylic acids is 1. The second-order valence-corrected chi connectivity index (χ2v) is 12.4. The Kier molecular flexibility index (Phi) is 8.30. The van der Waals surface area contributed by atoms with Crippen LogP contribution in [0.5, 0.6) is 0 Å². The fourth-order valence-corrected chi connectivity index (χ4v) is 7.32. The van der Waals surface area contributed by atoms with Crippen molar-refractivity contribution in [1.82, 2.24) is 4.90 Å². The summed E-state index contributed by atoms with van der Waals surface area (Å²) >= 11 is 0. The minimum absolute atomic E-state index is 0.0667. The second kappa shape index (κ2) is 11.2. The molecule has 2 aromatic rings. The molecule has 35 heavy (non-hydrogen) atoms. The number of hydrogen-bond acceptors (Lipinski definition) is 5. The highest BCUT2D eigenvalue weighted by molar-refractivity contribution is 7.91. The first-order valence-electron chi connectivity index (χ1n) is 12.7. The van der Waals surface area contributed by atoms with Crippen LogP contribution in [0.3, 0.4) is 0 Å². The Morgan fingerprint density at radius 2 is 1.86 bits per heavy atom. The van der Waals surface area contributed by atoms with Crippen molar-refractivity contribution >= 4 is 15.8 Å². The van der Waals surface area contributed by atoms with Crippen molar-refractivity contribution in [3.8, 4) is 11.1 Å². The van der Waals surface area contributed by atoms with Gasteiger partial charge in [0.15, 0.2) is 9.84 Å². The van der Waals surface area contributed by atoms with Crippen LogP contribution in [0.1, 0.15) is 60.5 Å². The van der Waals surface area contributed by atoms with Gasteiger partial charge in [0.1, 0.15) is 0 Å². The van der Waals surface area contributed by atoms with Gasteiger partial charge in [0, 0.05) is 19.1 Å².